The summed E-state index contributed by atoms with van der Waals surface area (Å²) in [5.74, 6) is 0.157. The van der Waals surface area contributed by atoms with Gasteiger partial charge in [0.05, 0.1) is 0 Å². The lowest BCUT2D eigenvalue weighted by molar-refractivity contribution is -0.680. The molecule has 1 rings (SSSR count). The van der Waals surface area contributed by atoms with Crippen LogP contribution in [0.5, 0.6) is 0 Å². The molecule has 10 heavy (non-hydrogen) atoms. The van der Waals surface area contributed by atoms with Crippen LogP contribution in [-0.2, 0) is 6.54 Å². The van der Waals surface area contributed by atoms with Crippen molar-refractivity contribution in [3.05, 3.63) is 22.4 Å². The van der Waals surface area contributed by atoms with Crippen molar-refractivity contribution >= 4 is 11.6 Å². The van der Waals surface area contributed by atoms with E-state index in [0.717, 1.165) is 0 Å². The minimum atomic E-state index is 0.0622. The highest BCUT2D eigenvalue weighted by Gasteiger charge is 2.05. The average molecular weight is 161 g/mol. The summed E-state index contributed by atoms with van der Waals surface area (Å²) < 4.78 is 0. The van der Waals surface area contributed by atoms with Gasteiger partial charge in [0.1, 0.15) is 6.54 Å². The fourth-order valence-electron chi connectivity index (χ4n) is 0.478. The summed E-state index contributed by atoms with van der Waals surface area (Å²) in [5.41, 5.74) is 5.13. The molecule has 0 saturated heterocycles. The van der Waals surface area contributed by atoms with Crippen molar-refractivity contribution in [3.8, 4) is 0 Å². The maximum absolute atomic E-state index is 10.6. The van der Waals surface area contributed by atoms with Crippen molar-refractivity contribution in [3.63, 3.8) is 0 Å². The Morgan fingerprint density at radius 2 is 2.50 bits per heavy atom. The number of nitrogens with zero attached hydrogens (tertiary/aromatic N) is 3. The van der Waals surface area contributed by atoms with Crippen LogP contribution in [0.15, 0.2) is 6.20 Å². The van der Waals surface area contributed by atoms with Crippen LogP contribution in [-0.4, -0.2) is 10.1 Å². The SMILES string of the molecule is NCc1ncc(Cl)n[n+]1[O-]. The minimum absolute atomic E-state index is 0.0622. The van der Waals surface area contributed by atoms with Crippen molar-refractivity contribution in [2.45, 2.75) is 6.54 Å². The average Bonchev–Trinajstić information content (AvgIpc) is 1.88. The Kier molecular flexibility index (Phi) is 1.98. The number of nitrogens with two attached hydrogens (primary N) is 1. The number of hydrogen-bond donors (Lipinski definition) is 1. The number of aromatic nitrogens is 3. The van der Waals surface area contributed by atoms with E-state index < -0.39 is 0 Å². The van der Waals surface area contributed by atoms with E-state index in [1.54, 1.807) is 0 Å². The molecular weight excluding hydrogens is 156 g/mol. The highest BCUT2D eigenvalue weighted by atomic mass is 35.5. The predicted octanol–water partition coefficient (Wildman–Crippen LogP) is -0.778. The van der Waals surface area contributed by atoms with Gasteiger partial charge in [0.15, 0.2) is 6.20 Å². The first-order chi connectivity index (χ1) is 4.74. The van der Waals surface area contributed by atoms with Gasteiger partial charge in [-0.1, -0.05) is 16.7 Å². The molecule has 0 saturated carbocycles. The largest absolute Gasteiger partial charge is 0.691 e. The minimum Gasteiger partial charge on any atom is -0.691 e. The zero-order valence-corrected chi connectivity index (χ0v) is 5.75. The van der Waals surface area contributed by atoms with Gasteiger partial charge < -0.3 is 10.9 Å². The van der Waals surface area contributed by atoms with Gasteiger partial charge in [-0.25, -0.2) is 0 Å². The Hall–Kier alpha value is -0.940. The molecule has 0 bridgehead atoms. The lowest BCUT2D eigenvalue weighted by Gasteiger charge is -1.99. The molecule has 54 valence electrons. The van der Waals surface area contributed by atoms with Crippen LogP contribution in [0.25, 0.3) is 0 Å². The zero-order chi connectivity index (χ0) is 7.56. The predicted molar refractivity (Wildman–Crippen MR) is 33.9 cm³/mol. The fourth-order valence-corrected chi connectivity index (χ4v) is 0.596. The quantitative estimate of drug-likeness (QED) is 0.432. The standard InChI is InChI=1S/C4H5ClN4O/c5-3-2-7-4(1-6)9(10)8-3/h2H,1,6H2. The van der Waals surface area contributed by atoms with E-state index in [1.807, 2.05) is 0 Å². The number of halogens is 1. The highest BCUT2D eigenvalue weighted by molar-refractivity contribution is 6.29. The normalized spacial score (nSPS) is 9.80. The van der Waals surface area contributed by atoms with Crippen LogP contribution in [0.2, 0.25) is 5.15 Å². The number of hydrogen-bond acceptors (Lipinski definition) is 4. The second-order valence-corrected chi connectivity index (χ2v) is 1.96. The van der Waals surface area contributed by atoms with Crippen molar-refractivity contribution < 1.29 is 4.85 Å². The summed E-state index contributed by atoms with van der Waals surface area (Å²) in [6, 6.07) is 0. The van der Waals surface area contributed by atoms with Gasteiger partial charge in [0.25, 0.3) is 0 Å². The molecule has 0 unspecified atom stereocenters. The summed E-state index contributed by atoms with van der Waals surface area (Å²) in [4.78, 5) is 3.94. The second kappa shape index (κ2) is 2.76. The summed E-state index contributed by atoms with van der Waals surface area (Å²) in [6.07, 6.45) is 1.28. The van der Waals surface area contributed by atoms with Crippen molar-refractivity contribution in [1.82, 2.24) is 10.1 Å². The van der Waals surface area contributed by atoms with E-state index in [-0.39, 0.29) is 17.5 Å². The smallest absolute Gasteiger partial charge is 0.336 e. The van der Waals surface area contributed by atoms with Gasteiger partial charge in [-0.2, -0.15) is 0 Å². The lowest BCUT2D eigenvalue weighted by Crippen LogP contribution is -2.38. The van der Waals surface area contributed by atoms with Crippen LogP contribution >= 0.6 is 11.6 Å². The molecule has 0 aliphatic heterocycles. The van der Waals surface area contributed by atoms with E-state index >= 15 is 0 Å². The van der Waals surface area contributed by atoms with Crippen LogP contribution in [0.4, 0.5) is 0 Å². The third-order valence-electron chi connectivity index (χ3n) is 0.910. The summed E-state index contributed by atoms with van der Waals surface area (Å²) in [7, 11) is 0. The summed E-state index contributed by atoms with van der Waals surface area (Å²) >= 11 is 5.34. The third-order valence-corrected chi connectivity index (χ3v) is 1.08. The fraction of sp³-hybridized carbons (Fsp3) is 0.250. The van der Waals surface area contributed by atoms with Crippen LogP contribution in [0.1, 0.15) is 5.82 Å². The Labute approximate surface area is 62.0 Å². The van der Waals surface area contributed by atoms with Crippen molar-refractivity contribution in [1.29, 1.82) is 0 Å². The Balaban J connectivity index is 3.07. The van der Waals surface area contributed by atoms with Crippen LogP contribution in [0.3, 0.4) is 0 Å². The van der Waals surface area contributed by atoms with Gasteiger partial charge in [-0.15, -0.1) is 4.85 Å². The summed E-state index contributed by atoms with van der Waals surface area (Å²) in [5, 5.41) is 14.0. The molecule has 0 atom stereocenters. The molecule has 5 nitrogen and oxygen atoms in total. The molecule has 1 aromatic rings. The summed E-state index contributed by atoms with van der Waals surface area (Å²) in [6.45, 7) is 0.0632. The van der Waals surface area contributed by atoms with E-state index in [0.29, 0.717) is 4.85 Å². The van der Waals surface area contributed by atoms with Crippen molar-refractivity contribution in [2.75, 3.05) is 0 Å². The van der Waals surface area contributed by atoms with Crippen molar-refractivity contribution in [2.24, 2.45) is 5.73 Å². The Bertz CT molecular complexity index is 241. The molecule has 6 heteroatoms. The van der Waals surface area contributed by atoms with E-state index in [4.69, 9.17) is 17.3 Å². The maximum Gasteiger partial charge on any atom is 0.336 e. The molecule has 0 fully saturated rings. The third kappa shape index (κ3) is 1.31. The molecule has 2 N–H and O–H groups in total. The highest BCUT2D eigenvalue weighted by Crippen LogP contribution is 1.95. The first-order valence-corrected chi connectivity index (χ1v) is 2.93. The molecule has 0 aliphatic carbocycles. The van der Waals surface area contributed by atoms with Gasteiger partial charge in [0, 0.05) is 0 Å². The lowest BCUT2D eigenvalue weighted by atomic mass is 10.6. The Morgan fingerprint density at radius 1 is 1.80 bits per heavy atom. The van der Waals surface area contributed by atoms with Gasteiger partial charge in [0.2, 0.25) is 5.15 Å². The molecule has 1 heterocycles. The van der Waals surface area contributed by atoms with Gasteiger partial charge >= 0.3 is 5.82 Å². The Morgan fingerprint density at radius 3 is 3.00 bits per heavy atom. The van der Waals surface area contributed by atoms with Gasteiger partial charge in [-0.3, -0.25) is 0 Å². The number of rotatable bonds is 1. The first-order valence-electron chi connectivity index (χ1n) is 2.55. The molecule has 0 amide bonds. The zero-order valence-electron chi connectivity index (χ0n) is 4.99. The monoisotopic (exact) mass is 160 g/mol. The van der Waals surface area contributed by atoms with Crippen LogP contribution < -0.4 is 10.6 Å². The van der Waals surface area contributed by atoms with E-state index in [2.05, 4.69) is 10.1 Å². The van der Waals surface area contributed by atoms with E-state index in [1.165, 1.54) is 6.20 Å². The molecule has 0 radical (unpaired) electrons. The van der Waals surface area contributed by atoms with E-state index in [9.17, 15) is 5.21 Å². The molecule has 1 aromatic heterocycles. The van der Waals surface area contributed by atoms with Gasteiger partial charge in [-0.05, 0) is 4.98 Å². The topological polar surface area (TPSA) is 78.7 Å². The molecular formula is C4H5ClN4O. The molecule has 0 aromatic carbocycles. The molecule has 0 spiro atoms. The maximum atomic E-state index is 10.6. The second-order valence-electron chi connectivity index (χ2n) is 1.57. The first kappa shape index (κ1) is 7.17. The molecule has 0 aliphatic rings. The van der Waals surface area contributed by atoms with Crippen LogP contribution in [0, 0.1) is 5.21 Å².